The van der Waals surface area contributed by atoms with Gasteiger partial charge in [0, 0.05) is 18.8 Å². The summed E-state index contributed by atoms with van der Waals surface area (Å²) in [6, 6.07) is 5.08. The maximum Gasteiger partial charge on any atom is 0.132 e. The van der Waals surface area contributed by atoms with E-state index < -0.39 is 0 Å². The number of rotatable bonds is 3. The molecule has 1 aromatic rings. The zero-order valence-corrected chi connectivity index (χ0v) is 12.3. The first-order valence-corrected chi connectivity index (χ1v) is 7.94. The third-order valence-electron chi connectivity index (χ3n) is 4.80. The first-order chi connectivity index (χ1) is 9.24. The average molecular weight is 258 g/mol. The van der Waals surface area contributed by atoms with Crippen molar-refractivity contribution in [2.75, 3.05) is 11.4 Å². The molecule has 2 aliphatic rings. The van der Waals surface area contributed by atoms with E-state index in [4.69, 9.17) is 0 Å². The molecule has 2 nitrogen and oxygen atoms in total. The van der Waals surface area contributed by atoms with E-state index in [1.54, 1.807) is 0 Å². The zero-order chi connectivity index (χ0) is 13.2. The lowest BCUT2D eigenvalue weighted by molar-refractivity contribution is 0.369. The van der Waals surface area contributed by atoms with Gasteiger partial charge in [-0.25, -0.2) is 4.98 Å². The molecule has 2 unspecified atom stereocenters. The molecule has 19 heavy (non-hydrogen) atoms. The molecule has 104 valence electrons. The Morgan fingerprint density at radius 1 is 1.42 bits per heavy atom. The summed E-state index contributed by atoms with van der Waals surface area (Å²) in [4.78, 5) is 7.20. The number of fused-ring (bicyclic) bond motifs is 3. The summed E-state index contributed by atoms with van der Waals surface area (Å²) in [7, 11) is 0. The van der Waals surface area contributed by atoms with Crippen LogP contribution in [0.15, 0.2) is 18.3 Å². The lowest BCUT2D eigenvalue weighted by atomic mass is 9.89. The molecule has 2 aliphatic heterocycles. The van der Waals surface area contributed by atoms with Crippen LogP contribution < -0.4 is 4.90 Å². The lowest BCUT2D eigenvalue weighted by Crippen LogP contribution is -2.32. The lowest BCUT2D eigenvalue weighted by Gasteiger charge is -2.25. The monoisotopic (exact) mass is 258 g/mol. The van der Waals surface area contributed by atoms with Crippen LogP contribution in [0, 0.1) is 11.8 Å². The zero-order valence-electron chi connectivity index (χ0n) is 12.3. The molecule has 1 saturated heterocycles. The van der Waals surface area contributed by atoms with Gasteiger partial charge in [-0.15, -0.1) is 0 Å². The Kier molecular flexibility index (Phi) is 3.76. The van der Waals surface area contributed by atoms with Crippen molar-refractivity contribution in [1.82, 2.24) is 4.98 Å². The quantitative estimate of drug-likeness (QED) is 0.813. The van der Waals surface area contributed by atoms with Gasteiger partial charge < -0.3 is 4.90 Å². The van der Waals surface area contributed by atoms with Crippen LogP contribution in [0.1, 0.15) is 51.5 Å². The molecule has 3 heterocycles. The number of anilines is 1. The summed E-state index contributed by atoms with van der Waals surface area (Å²) in [5.74, 6) is 3.06. The molecule has 0 spiro atoms. The molecule has 3 rings (SSSR count). The number of pyridine rings is 1. The first-order valence-electron chi connectivity index (χ1n) is 7.94. The Labute approximate surface area is 117 Å². The highest BCUT2D eigenvalue weighted by atomic mass is 15.2. The predicted octanol–water partition coefficient (Wildman–Crippen LogP) is 4.05. The van der Waals surface area contributed by atoms with Gasteiger partial charge in [0.05, 0.1) is 0 Å². The van der Waals surface area contributed by atoms with Crippen molar-refractivity contribution < 1.29 is 0 Å². The average Bonchev–Trinajstić information content (AvgIpc) is 2.61. The van der Waals surface area contributed by atoms with E-state index in [1.165, 1.54) is 56.5 Å². The number of nitrogens with zero attached hydrogens (tertiary/aromatic N) is 2. The van der Waals surface area contributed by atoms with E-state index in [1.807, 2.05) is 6.20 Å². The highest BCUT2D eigenvalue weighted by Crippen LogP contribution is 2.37. The molecule has 0 amide bonds. The molecular weight excluding hydrogens is 232 g/mol. The van der Waals surface area contributed by atoms with E-state index >= 15 is 0 Å². The maximum absolute atomic E-state index is 4.61. The normalized spacial score (nSPS) is 26.2. The van der Waals surface area contributed by atoms with Gasteiger partial charge in [-0.2, -0.15) is 0 Å². The molecule has 1 aromatic heterocycles. The predicted molar refractivity (Wildman–Crippen MR) is 80.5 cm³/mol. The van der Waals surface area contributed by atoms with Crippen LogP contribution in [0.5, 0.6) is 0 Å². The highest BCUT2D eigenvalue weighted by molar-refractivity contribution is 5.53. The van der Waals surface area contributed by atoms with E-state index in [0.29, 0.717) is 0 Å². The van der Waals surface area contributed by atoms with Gasteiger partial charge in [0.25, 0.3) is 0 Å². The van der Waals surface area contributed by atoms with E-state index in [2.05, 4.69) is 35.9 Å². The largest absolute Gasteiger partial charge is 0.353 e. The van der Waals surface area contributed by atoms with Crippen LogP contribution in [-0.2, 0) is 6.42 Å². The fourth-order valence-electron chi connectivity index (χ4n) is 3.77. The maximum atomic E-state index is 4.61. The van der Waals surface area contributed by atoms with E-state index in [-0.39, 0.29) is 0 Å². The molecule has 0 aliphatic carbocycles. The molecule has 0 saturated carbocycles. The van der Waals surface area contributed by atoms with Crippen molar-refractivity contribution in [2.45, 2.75) is 58.4 Å². The van der Waals surface area contributed by atoms with Gasteiger partial charge in [0.1, 0.15) is 5.82 Å². The molecule has 2 atom stereocenters. The van der Waals surface area contributed by atoms with Gasteiger partial charge in [-0.1, -0.05) is 32.8 Å². The van der Waals surface area contributed by atoms with Crippen LogP contribution in [0.4, 0.5) is 5.82 Å². The second kappa shape index (κ2) is 5.52. The Morgan fingerprint density at radius 2 is 2.32 bits per heavy atom. The minimum atomic E-state index is 0.726. The van der Waals surface area contributed by atoms with Gasteiger partial charge in [0.2, 0.25) is 0 Å². The summed E-state index contributed by atoms with van der Waals surface area (Å²) in [6.07, 6.45) is 10.1. The van der Waals surface area contributed by atoms with Crippen LogP contribution in [-0.4, -0.2) is 17.6 Å². The summed E-state index contributed by atoms with van der Waals surface area (Å²) < 4.78 is 0. The number of hydrogen-bond acceptors (Lipinski definition) is 2. The van der Waals surface area contributed by atoms with Crippen molar-refractivity contribution in [2.24, 2.45) is 11.8 Å². The van der Waals surface area contributed by atoms with Crippen molar-refractivity contribution in [3.63, 3.8) is 0 Å². The van der Waals surface area contributed by atoms with Crippen LogP contribution in [0.25, 0.3) is 0 Å². The summed E-state index contributed by atoms with van der Waals surface area (Å²) in [5, 5.41) is 0. The Morgan fingerprint density at radius 3 is 3.16 bits per heavy atom. The van der Waals surface area contributed by atoms with Gasteiger partial charge in [0.15, 0.2) is 0 Å². The summed E-state index contributed by atoms with van der Waals surface area (Å²) in [5.41, 5.74) is 1.47. The SMILES string of the molecule is CC(C)CCC1CCCN2c3ncccc3CC2C1. The minimum absolute atomic E-state index is 0.726. The number of aromatic nitrogens is 1. The van der Waals surface area contributed by atoms with Crippen LogP contribution in [0.3, 0.4) is 0 Å². The van der Waals surface area contributed by atoms with Crippen molar-refractivity contribution in [1.29, 1.82) is 0 Å². The van der Waals surface area contributed by atoms with Crippen molar-refractivity contribution in [3.05, 3.63) is 23.9 Å². The Balaban J connectivity index is 1.68. The minimum Gasteiger partial charge on any atom is -0.353 e. The fourth-order valence-corrected chi connectivity index (χ4v) is 3.77. The molecule has 2 heteroatoms. The van der Waals surface area contributed by atoms with E-state index in [9.17, 15) is 0 Å². The third kappa shape index (κ3) is 2.77. The first kappa shape index (κ1) is 13.0. The molecule has 0 N–H and O–H groups in total. The molecule has 1 fully saturated rings. The second-order valence-corrected chi connectivity index (χ2v) is 6.75. The fraction of sp³-hybridized carbons (Fsp3) is 0.706. The molecular formula is C17H26N2. The molecule has 0 aromatic carbocycles. The van der Waals surface area contributed by atoms with Crippen LogP contribution >= 0.6 is 0 Å². The number of hydrogen-bond donors (Lipinski definition) is 0. The summed E-state index contributed by atoms with van der Waals surface area (Å²) in [6.45, 7) is 5.91. The third-order valence-corrected chi connectivity index (χ3v) is 4.80. The van der Waals surface area contributed by atoms with Gasteiger partial charge >= 0.3 is 0 Å². The highest BCUT2D eigenvalue weighted by Gasteiger charge is 2.33. The topological polar surface area (TPSA) is 16.1 Å². The van der Waals surface area contributed by atoms with Crippen LogP contribution in [0.2, 0.25) is 0 Å². The Hall–Kier alpha value is -1.05. The Bertz CT molecular complexity index is 427. The van der Waals surface area contributed by atoms with Gasteiger partial charge in [-0.05, 0) is 49.1 Å². The van der Waals surface area contributed by atoms with Crippen molar-refractivity contribution >= 4 is 5.82 Å². The van der Waals surface area contributed by atoms with Crippen molar-refractivity contribution in [3.8, 4) is 0 Å². The standard InChI is InChI=1S/C17H26N2/c1-13(2)7-8-14-5-4-10-19-16(11-14)12-15-6-3-9-18-17(15)19/h3,6,9,13-14,16H,4-5,7-8,10-12H2,1-2H3. The molecule has 0 radical (unpaired) electrons. The summed E-state index contributed by atoms with van der Waals surface area (Å²) >= 11 is 0. The van der Waals surface area contributed by atoms with E-state index in [0.717, 1.165) is 17.9 Å². The smallest absolute Gasteiger partial charge is 0.132 e. The molecule has 0 bridgehead atoms. The van der Waals surface area contributed by atoms with Gasteiger partial charge in [-0.3, -0.25) is 0 Å². The second-order valence-electron chi connectivity index (χ2n) is 6.75.